The van der Waals surface area contributed by atoms with E-state index in [-0.39, 0.29) is 104 Å². The van der Waals surface area contributed by atoms with Crippen LogP contribution in [0.1, 0.15) is 78.1 Å². The van der Waals surface area contributed by atoms with Gasteiger partial charge in [-0.1, -0.05) is 123 Å². The zero-order valence-electron chi connectivity index (χ0n) is 71.9. The molecule has 7 amide bonds. The maximum atomic E-state index is 12.9. The van der Waals surface area contributed by atoms with Gasteiger partial charge in [0.05, 0.1) is 143 Å². The van der Waals surface area contributed by atoms with Gasteiger partial charge >= 0.3 is 0 Å². The van der Waals surface area contributed by atoms with Crippen LogP contribution < -0.4 is 54.4 Å². The number of carbonyl (C=O) groups excluding carboxylic acids is 7. The number of fused-ring (bicyclic) bond motifs is 1. The molecule has 4 fully saturated rings. The van der Waals surface area contributed by atoms with E-state index in [4.69, 9.17) is 112 Å². The van der Waals surface area contributed by atoms with Crippen LogP contribution in [0, 0.1) is 6.92 Å². The molecule has 12 aromatic carbocycles. The van der Waals surface area contributed by atoms with Crippen molar-refractivity contribution in [1.82, 2.24) is 9.97 Å². The second-order valence-electron chi connectivity index (χ2n) is 30.3. The van der Waals surface area contributed by atoms with Crippen molar-refractivity contribution in [3.8, 4) is 11.3 Å². The molecule has 138 heavy (non-hydrogen) atoms. The molecule has 0 aliphatic carbocycles. The topological polar surface area (TPSA) is 416 Å². The first-order chi connectivity index (χ1) is 65.9. The summed E-state index contributed by atoms with van der Waals surface area (Å²) in [6, 6.07) is 67.5. The standard InChI is InChI=1S/C24H21Cl2N3O5S.C24H19ClN4O4S.C23H18Cl3N3O5S.C23H19Cl2N3O5S/c1-15-11-19(29-14-34-9-10-35(29,32)33)6-7-20(15)24(31)27-18-5-8-21(26)22(13-18)28-23(30)16-3-2-4-17(25)12-16;25-20-10-7-17(13-19(20)23-14-26-21-3-1-2-4-22(21)28-23)27-24(30)16-5-8-18(9-6-16)29-15-33-11-12-34(29,31)32;24-15-3-1-2-14(10-15)22(30)28-21-11-16(4-7-19(21)25)27-23(31)18-6-5-17(12-20(18)26)29-13-34-8-9-35(29,32)33;24-17-3-1-2-16(12-17)23(30)27-21-13-18(6-9-20(21)25)26-22(29)15-4-7-19(8-5-15)28-14-33-10-11-34(28,31)32/h2-8,11-13H,9-10,14H2,1H3,(H,27,31)(H,28,30);1-10,13-14H,11-12,15H2,(H,27,30);1-7,10-12H,8-9,13H2,(H,27,31)(H,28,30);1-9,12-13H,10-11,14H2,(H,26,29)(H,27,30). The number of anilines is 11. The number of nitrogens with zero attached hydrogens (tertiary/aromatic N) is 6. The summed E-state index contributed by atoms with van der Waals surface area (Å²) in [5.41, 5.74) is 9.80. The first-order valence-electron chi connectivity index (χ1n) is 41.2. The van der Waals surface area contributed by atoms with E-state index in [1.165, 1.54) is 75.3 Å². The summed E-state index contributed by atoms with van der Waals surface area (Å²) in [5.74, 6) is -3.33. The molecule has 4 aliphatic heterocycles. The smallest absolute Gasteiger partial charge is 0.257 e. The first kappa shape index (κ1) is 101. The third-order valence-corrected chi connectivity index (χ3v) is 29.8. The number of nitrogens with one attached hydrogen (secondary N) is 7. The fraction of sp³-hybridized carbons (Fsp3) is 0.138. The molecule has 0 radical (unpaired) electrons. The highest BCUT2D eigenvalue weighted by Crippen LogP contribution is 2.37. The van der Waals surface area contributed by atoms with Crippen LogP contribution in [0.5, 0.6) is 0 Å². The van der Waals surface area contributed by atoms with Gasteiger partial charge in [0.1, 0.15) is 26.9 Å². The highest BCUT2D eigenvalue weighted by atomic mass is 35.5. The van der Waals surface area contributed by atoms with E-state index in [0.29, 0.717) is 137 Å². The van der Waals surface area contributed by atoms with Gasteiger partial charge in [-0.2, -0.15) is 0 Å². The quantitative estimate of drug-likeness (QED) is 0.0395. The van der Waals surface area contributed by atoms with Crippen LogP contribution >= 0.6 is 92.8 Å². The molecule has 17 rings (SSSR count). The van der Waals surface area contributed by atoms with Gasteiger partial charge in [0.2, 0.25) is 40.1 Å². The lowest BCUT2D eigenvalue weighted by Crippen LogP contribution is -2.41. The zero-order chi connectivity index (χ0) is 98.3. The number of ether oxygens (including phenoxy) is 4. The Labute approximate surface area is 831 Å². The number of rotatable bonds is 19. The maximum Gasteiger partial charge on any atom is 0.257 e. The minimum atomic E-state index is -3.52. The second kappa shape index (κ2) is 44.9. The zero-order valence-corrected chi connectivity index (χ0v) is 81.2. The summed E-state index contributed by atoms with van der Waals surface area (Å²) in [5, 5.41) is 21.8. The third kappa shape index (κ3) is 25.9. The molecule has 0 atom stereocenters. The van der Waals surface area contributed by atoms with Gasteiger partial charge in [-0.15, -0.1) is 0 Å². The van der Waals surface area contributed by atoms with Gasteiger partial charge in [0.25, 0.3) is 41.4 Å². The minimum Gasteiger partial charge on any atom is -0.359 e. The molecule has 5 heterocycles. The molecule has 4 aliphatic rings. The normalized spacial score (nSPS) is 15.0. The predicted octanol–water partition coefficient (Wildman–Crippen LogP) is 19.2. The van der Waals surface area contributed by atoms with Gasteiger partial charge in [0.15, 0.2) is 0 Å². The number of hydrogen-bond acceptors (Lipinski definition) is 21. The number of aromatic nitrogens is 2. The van der Waals surface area contributed by atoms with Crippen LogP contribution in [0.4, 0.5) is 62.6 Å². The summed E-state index contributed by atoms with van der Waals surface area (Å²) < 4.78 is 124. The molecular weight excluding hydrogens is 2030 g/mol. The van der Waals surface area contributed by atoms with Gasteiger partial charge in [-0.25, -0.2) is 55.9 Å². The Hall–Kier alpha value is -12.6. The molecule has 4 saturated heterocycles. The predicted molar refractivity (Wildman–Crippen MR) is 538 cm³/mol. The summed E-state index contributed by atoms with van der Waals surface area (Å²) in [7, 11) is -13.9. The van der Waals surface area contributed by atoms with E-state index in [1.54, 1.807) is 177 Å². The highest BCUT2D eigenvalue weighted by molar-refractivity contribution is 7.93. The summed E-state index contributed by atoms with van der Waals surface area (Å²) in [6.45, 7) is 2.02. The Morgan fingerprint density at radius 2 is 0.623 bits per heavy atom. The van der Waals surface area contributed by atoms with E-state index in [9.17, 15) is 67.2 Å². The third-order valence-electron chi connectivity index (χ3n) is 20.8. The van der Waals surface area contributed by atoms with Crippen molar-refractivity contribution in [2.24, 2.45) is 0 Å². The van der Waals surface area contributed by atoms with E-state index < -0.39 is 75.5 Å². The van der Waals surface area contributed by atoms with Crippen LogP contribution in [-0.4, -0.2) is 161 Å². The highest BCUT2D eigenvalue weighted by Gasteiger charge is 2.33. The fourth-order valence-corrected chi connectivity index (χ4v) is 20.1. The molecule has 0 bridgehead atoms. The van der Waals surface area contributed by atoms with Gasteiger partial charge in [-0.05, 0) is 237 Å². The monoisotopic (exact) mass is 2100 g/mol. The van der Waals surface area contributed by atoms with E-state index in [2.05, 4.69) is 47.2 Å². The number of halogens is 8. The number of amides is 7. The van der Waals surface area contributed by atoms with Crippen LogP contribution in [-0.2, 0) is 59.0 Å². The number of aryl methyl sites for hydroxylation is 1. The van der Waals surface area contributed by atoms with Crippen LogP contribution in [0.2, 0.25) is 40.2 Å². The van der Waals surface area contributed by atoms with Crippen LogP contribution in [0.3, 0.4) is 0 Å². The van der Waals surface area contributed by atoms with Crippen molar-refractivity contribution in [2.45, 2.75) is 6.92 Å². The molecule has 1 aromatic heterocycles. The molecule has 44 heteroatoms. The van der Waals surface area contributed by atoms with Gasteiger partial charge in [0, 0.05) is 76.8 Å². The number of hydrogen-bond donors (Lipinski definition) is 7. The molecule has 32 nitrogen and oxygen atoms in total. The van der Waals surface area contributed by atoms with Crippen LogP contribution in [0.15, 0.2) is 261 Å². The molecule has 0 saturated carbocycles. The van der Waals surface area contributed by atoms with Crippen molar-refractivity contribution in [3.63, 3.8) is 0 Å². The molecular formula is C94H77Cl8N13O19S4. The number of benzene rings is 12. The number of sulfonamides is 4. The molecule has 712 valence electrons. The Kier molecular flexibility index (Phi) is 33.0. The lowest BCUT2D eigenvalue weighted by atomic mass is 10.1. The van der Waals surface area contributed by atoms with E-state index in [0.717, 1.165) is 19.6 Å². The lowest BCUT2D eigenvalue weighted by molar-refractivity contribution is 0.101. The number of carbonyl (C=O) groups is 7. The lowest BCUT2D eigenvalue weighted by Gasteiger charge is -2.28. The average molecular weight is 2100 g/mol. The van der Waals surface area contributed by atoms with Crippen molar-refractivity contribution < 1.29 is 86.2 Å². The molecule has 0 spiro atoms. The maximum absolute atomic E-state index is 12.9. The van der Waals surface area contributed by atoms with Crippen molar-refractivity contribution in [2.75, 3.05) is 131 Å². The van der Waals surface area contributed by atoms with E-state index >= 15 is 0 Å². The van der Waals surface area contributed by atoms with E-state index in [1.807, 2.05) is 24.3 Å². The molecule has 0 unspecified atom stereocenters. The number of para-hydroxylation sites is 2. The van der Waals surface area contributed by atoms with Crippen LogP contribution in [0.25, 0.3) is 22.3 Å². The Morgan fingerprint density at radius 1 is 0.297 bits per heavy atom. The van der Waals surface area contributed by atoms with Crippen molar-refractivity contribution >= 4 is 248 Å². The molecule has 7 N–H and O–H groups in total. The Balaban J connectivity index is 0.000000147. The second-order valence-corrected chi connectivity index (χ2v) is 41.7. The first-order valence-corrected chi connectivity index (χ1v) is 50.7. The SMILES string of the molecule is Cc1cc(N2COCCS2(=O)=O)ccc1C(=O)Nc1ccc(Cl)c(NC(=O)c2cccc(Cl)c2)c1.O=C(Nc1cc(NC(=O)c2ccc(N3COCCS3(=O)=O)cc2Cl)ccc1Cl)c1cccc(Cl)c1.O=C(Nc1ccc(Cl)c(-c2cnc3ccccc3n2)c1)c1ccc(N2COCCS2(=O)=O)cc1.O=C(Nc1ccc(Cl)c(NC(=O)c2cccc(Cl)c2)c1)c1ccc(N2COCCS2(=O)=O)cc1. The summed E-state index contributed by atoms with van der Waals surface area (Å²) >= 11 is 49.2. The molecule has 13 aromatic rings. The Morgan fingerprint density at radius 3 is 0.993 bits per heavy atom. The Bertz CT molecular complexity index is 7180. The van der Waals surface area contributed by atoms with Crippen molar-refractivity contribution in [3.05, 3.63) is 346 Å². The summed E-state index contributed by atoms with van der Waals surface area (Å²) in [6.07, 6.45) is 1.65. The minimum absolute atomic E-state index is 0.0426. The summed E-state index contributed by atoms with van der Waals surface area (Å²) in [4.78, 5) is 97.9. The van der Waals surface area contributed by atoms with Gasteiger partial charge in [-0.3, -0.25) is 38.5 Å². The average Bonchev–Trinajstić information content (AvgIpc) is 0.788. The largest absolute Gasteiger partial charge is 0.359 e. The van der Waals surface area contributed by atoms with Crippen molar-refractivity contribution in [1.29, 1.82) is 0 Å². The van der Waals surface area contributed by atoms with Gasteiger partial charge < -0.3 is 56.2 Å². The fourth-order valence-electron chi connectivity index (χ4n) is 13.7.